The fraction of sp³-hybridized carbons (Fsp3) is 0.321. The molecule has 1 atom stereocenters. The number of rotatable bonds is 14. The molecular formula is C28H33NO6. The molecule has 0 aliphatic rings. The summed E-state index contributed by atoms with van der Waals surface area (Å²) in [5, 5.41) is 23.2. The third-order valence-corrected chi connectivity index (χ3v) is 5.35. The minimum absolute atomic E-state index is 0.281. The first-order valence-corrected chi connectivity index (χ1v) is 11.7. The molecule has 3 aromatic carbocycles. The van der Waals surface area contributed by atoms with E-state index in [9.17, 15) is 15.0 Å². The first-order valence-electron chi connectivity index (χ1n) is 11.7. The van der Waals surface area contributed by atoms with Crippen molar-refractivity contribution >= 4 is 5.97 Å². The predicted molar refractivity (Wildman–Crippen MR) is 133 cm³/mol. The fourth-order valence-corrected chi connectivity index (χ4v) is 3.51. The molecule has 7 nitrogen and oxygen atoms in total. The standard InChI is InChI=1S/C28H33NO6/c1-21(31)35-28-12-9-24(17-25(28)19-30)27(32)18-29-14-13-22-7-10-26(11-8-22)34-16-15-33-20-23-5-3-2-4-6-23/h2-12,17,27,29-30,32H,13-16,18-20H2,1H3/t27-/m0/s1. The molecule has 186 valence electrons. The molecule has 0 aliphatic heterocycles. The predicted octanol–water partition coefficient (Wildman–Crippen LogP) is 3.57. The lowest BCUT2D eigenvalue weighted by Crippen LogP contribution is -2.24. The fourth-order valence-electron chi connectivity index (χ4n) is 3.51. The number of aliphatic hydroxyl groups excluding tert-OH is 2. The summed E-state index contributed by atoms with van der Waals surface area (Å²) in [6, 6.07) is 22.9. The van der Waals surface area contributed by atoms with E-state index >= 15 is 0 Å². The Labute approximate surface area is 206 Å². The van der Waals surface area contributed by atoms with E-state index in [0.717, 1.165) is 23.3 Å². The van der Waals surface area contributed by atoms with Crippen LogP contribution in [-0.4, -0.2) is 42.5 Å². The van der Waals surface area contributed by atoms with Crippen LogP contribution in [0.3, 0.4) is 0 Å². The van der Waals surface area contributed by atoms with Crippen molar-refractivity contribution in [1.82, 2.24) is 5.32 Å². The molecule has 0 spiro atoms. The van der Waals surface area contributed by atoms with Gasteiger partial charge >= 0.3 is 5.97 Å². The quantitative estimate of drug-likeness (QED) is 0.185. The zero-order valence-electron chi connectivity index (χ0n) is 20.0. The maximum absolute atomic E-state index is 11.2. The lowest BCUT2D eigenvalue weighted by molar-refractivity contribution is -0.131. The average molecular weight is 480 g/mol. The Hall–Kier alpha value is -3.23. The smallest absolute Gasteiger partial charge is 0.308 e. The van der Waals surface area contributed by atoms with Gasteiger partial charge in [0.25, 0.3) is 0 Å². The Kier molecular flexibility index (Phi) is 10.7. The molecular weight excluding hydrogens is 446 g/mol. The maximum atomic E-state index is 11.2. The third-order valence-electron chi connectivity index (χ3n) is 5.35. The van der Waals surface area contributed by atoms with Crippen molar-refractivity contribution < 1.29 is 29.2 Å². The van der Waals surface area contributed by atoms with Crippen LogP contribution < -0.4 is 14.8 Å². The normalized spacial score (nSPS) is 11.7. The van der Waals surface area contributed by atoms with Gasteiger partial charge in [0.05, 0.1) is 25.9 Å². The molecule has 0 bridgehead atoms. The van der Waals surface area contributed by atoms with E-state index in [0.29, 0.717) is 49.8 Å². The Balaban J connectivity index is 1.33. The molecule has 0 saturated heterocycles. The van der Waals surface area contributed by atoms with Crippen molar-refractivity contribution in [2.75, 3.05) is 26.3 Å². The highest BCUT2D eigenvalue weighted by Gasteiger charge is 2.12. The van der Waals surface area contributed by atoms with Crippen LogP contribution in [0.15, 0.2) is 72.8 Å². The van der Waals surface area contributed by atoms with Gasteiger partial charge in [-0.3, -0.25) is 4.79 Å². The molecule has 0 radical (unpaired) electrons. The van der Waals surface area contributed by atoms with Crippen LogP contribution in [0.5, 0.6) is 11.5 Å². The topological polar surface area (TPSA) is 97.3 Å². The minimum Gasteiger partial charge on any atom is -0.491 e. The number of esters is 1. The molecule has 3 rings (SSSR count). The van der Waals surface area contributed by atoms with Crippen LogP contribution in [0, 0.1) is 0 Å². The van der Waals surface area contributed by atoms with Crippen LogP contribution in [0.2, 0.25) is 0 Å². The van der Waals surface area contributed by atoms with E-state index in [2.05, 4.69) is 5.32 Å². The van der Waals surface area contributed by atoms with Crippen molar-refractivity contribution in [3.05, 3.63) is 95.1 Å². The van der Waals surface area contributed by atoms with Crippen molar-refractivity contribution in [2.45, 2.75) is 32.7 Å². The van der Waals surface area contributed by atoms with E-state index in [-0.39, 0.29) is 6.61 Å². The number of ether oxygens (including phenoxy) is 3. The van der Waals surface area contributed by atoms with E-state index in [1.807, 2.05) is 54.6 Å². The Morgan fingerprint density at radius 1 is 0.971 bits per heavy atom. The van der Waals surface area contributed by atoms with Gasteiger partial charge in [-0.15, -0.1) is 0 Å². The number of hydrogen-bond acceptors (Lipinski definition) is 7. The Morgan fingerprint density at radius 2 is 1.74 bits per heavy atom. The summed E-state index contributed by atoms with van der Waals surface area (Å²) in [4.78, 5) is 11.2. The van der Waals surface area contributed by atoms with Crippen LogP contribution >= 0.6 is 0 Å². The van der Waals surface area contributed by atoms with Crippen LogP contribution in [0.1, 0.15) is 35.3 Å². The monoisotopic (exact) mass is 479 g/mol. The zero-order chi connectivity index (χ0) is 24.9. The van der Waals surface area contributed by atoms with Crippen molar-refractivity contribution in [3.8, 4) is 11.5 Å². The van der Waals surface area contributed by atoms with E-state index in [4.69, 9.17) is 14.2 Å². The summed E-state index contributed by atoms with van der Waals surface area (Å²) in [6.45, 7) is 3.67. The van der Waals surface area contributed by atoms with Gasteiger partial charge in [-0.05, 0) is 53.9 Å². The SMILES string of the molecule is CC(=O)Oc1ccc([C@@H](O)CNCCc2ccc(OCCOCc3ccccc3)cc2)cc1CO. The van der Waals surface area contributed by atoms with Gasteiger partial charge in [0.2, 0.25) is 0 Å². The first-order chi connectivity index (χ1) is 17.0. The van der Waals surface area contributed by atoms with E-state index in [1.54, 1.807) is 18.2 Å². The molecule has 0 saturated carbocycles. The van der Waals surface area contributed by atoms with E-state index < -0.39 is 12.1 Å². The first kappa shape index (κ1) is 26.4. The van der Waals surface area contributed by atoms with Crippen molar-refractivity contribution in [1.29, 1.82) is 0 Å². The number of carbonyl (C=O) groups excluding carboxylic acids is 1. The third kappa shape index (κ3) is 9.15. The molecule has 3 aromatic rings. The summed E-state index contributed by atoms with van der Waals surface area (Å²) in [6.07, 6.45) is 0.0621. The summed E-state index contributed by atoms with van der Waals surface area (Å²) >= 11 is 0. The second kappa shape index (κ2) is 14.2. The molecule has 0 amide bonds. The summed E-state index contributed by atoms with van der Waals surface area (Å²) in [5.41, 5.74) is 3.41. The number of aliphatic hydroxyl groups is 2. The molecule has 0 aliphatic carbocycles. The van der Waals surface area contributed by atoms with Crippen LogP contribution in [0.25, 0.3) is 0 Å². The van der Waals surface area contributed by atoms with E-state index in [1.165, 1.54) is 6.92 Å². The van der Waals surface area contributed by atoms with Gasteiger partial charge in [-0.2, -0.15) is 0 Å². The molecule has 7 heteroatoms. The number of hydrogen-bond donors (Lipinski definition) is 3. The summed E-state index contributed by atoms with van der Waals surface area (Å²) < 4.78 is 16.4. The van der Waals surface area contributed by atoms with Gasteiger partial charge in [-0.1, -0.05) is 48.5 Å². The second-order valence-corrected chi connectivity index (χ2v) is 8.12. The van der Waals surface area contributed by atoms with Gasteiger partial charge in [0.15, 0.2) is 0 Å². The number of carbonyl (C=O) groups is 1. The van der Waals surface area contributed by atoms with Gasteiger partial charge in [0, 0.05) is 19.0 Å². The summed E-state index contributed by atoms with van der Waals surface area (Å²) in [7, 11) is 0. The van der Waals surface area contributed by atoms with Gasteiger partial charge < -0.3 is 29.7 Å². The zero-order valence-corrected chi connectivity index (χ0v) is 20.0. The highest BCUT2D eigenvalue weighted by atomic mass is 16.5. The molecule has 35 heavy (non-hydrogen) atoms. The minimum atomic E-state index is -0.744. The largest absolute Gasteiger partial charge is 0.491 e. The highest BCUT2D eigenvalue weighted by Crippen LogP contribution is 2.24. The molecule has 0 unspecified atom stereocenters. The lowest BCUT2D eigenvalue weighted by Gasteiger charge is -2.15. The lowest BCUT2D eigenvalue weighted by atomic mass is 10.0. The Morgan fingerprint density at radius 3 is 2.46 bits per heavy atom. The summed E-state index contributed by atoms with van der Waals surface area (Å²) in [5.74, 6) is 0.649. The molecule has 0 aromatic heterocycles. The highest BCUT2D eigenvalue weighted by molar-refractivity contribution is 5.69. The number of nitrogens with one attached hydrogen (secondary N) is 1. The van der Waals surface area contributed by atoms with Crippen LogP contribution in [0.4, 0.5) is 0 Å². The molecule has 0 fully saturated rings. The molecule has 3 N–H and O–H groups in total. The second-order valence-electron chi connectivity index (χ2n) is 8.12. The van der Waals surface area contributed by atoms with Gasteiger partial charge in [0.1, 0.15) is 18.1 Å². The van der Waals surface area contributed by atoms with Gasteiger partial charge in [-0.25, -0.2) is 0 Å². The average Bonchev–Trinajstić information content (AvgIpc) is 2.87. The maximum Gasteiger partial charge on any atom is 0.308 e. The molecule has 0 heterocycles. The van der Waals surface area contributed by atoms with Crippen LogP contribution in [-0.2, 0) is 29.2 Å². The Bertz CT molecular complexity index is 1040. The van der Waals surface area contributed by atoms with Crippen molar-refractivity contribution in [3.63, 3.8) is 0 Å². The number of benzene rings is 3. The van der Waals surface area contributed by atoms with Crippen molar-refractivity contribution in [2.24, 2.45) is 0 Å².